The molecule has 8 nitrogen and oxygen atoms in total. The Balaban J connectivity index is 1.55. The highest BCUT2D eigenvalue weighted by Gasteiger charge is 2.19. The molecular weight excluding hydrogens is 418 g/mol. The molecule has 0 radical (unpaired) electrons. The zero-order valence-electron chi connectivity index (χ0n) is 18.9. The van der Waals surface area contributed by atoms with E-state index in [9.17, 15) is 4.79 Å². The molecule has 0 bridgehead atoms. The number of nitrogens with one attached hydrogen (secondary N) is 2. The normalized spacial score (nSPS) is 14.1. The Hall–Kier alpha value is -3.65. The zero-order chi connectivity index (χ0) is 22.8. The van der Waals surface area contributed by atoms with Crippen molar-refractivity contribution in [1.29, 1.82) is 0 Å². The number of carbonyl (C=O) groups is 1. The van der Waals surface area contributed by atoms with Gasteiger partial charge in [-0.1, -0.05) is 24.3 Å². The van der Waals surface area contributed by atoms with E-state index in [0.717, 1.165) is 59.2 Å². The fourth-order valence-electron chi connectivity index (χ4n) is 4.17. The van der Waals surface area contributed by atoms with Crippen LogP contribution < -0.4 is 15.0 Å². The third-order valence-electron chi connectivity index (χ3n) is 5.81. The van der Waals surface area contributed by atoms with Gasteiger partial charge in [-0.2, -0.15) is 4.98 Å². The maximum Gasteiger partial charge on any atom is 0.338 e. The van der Waals surface area contributed by atoms with Crippen LogP contribution in [0, 0.1) is 0 Å². The molecule has 33 heavy (non-hydrogen) atoms. The number of benzene rings is 2. The van der Waals surface area contributed by atoms with Gasteiger partial charge in [-0.3, -0.25) is 0 Å². The molecular formula is C25H27N5O3. The number of esters is 1. The number of piperazine rings is 1. The number of fused-ring (bicyclic) bond motifs is 3. The van der Waals surface area contributed by atoms with Crippen molar-refractivity contribution in [1.82, 2.24) is 20.3 Å². The monoisotopic (exact) mass is 445 g/mol. The Bertz CT molecular complexity index is 1290. The maximum absolute atomic E-state index is 11.9. The third-order valence-corrected chi connectivity index (χ3v) is 5.81. The molecule has 1 aliphatic heterocycles. The summed E-state index contributed by atoms with van der Waals surface area (Å²) in [4.78, 5) is 27.2. The van der Waals surface area contributed by atoms with Gasteiger partial charge in [-0.05, 0) is 43.2 Å². The second-order valence-corrected chi connectivity index (χ2v) is 7.91. The minimum absolute atomic E-state index is 0.308. The first-order valence-electron chi connectivity index (χ1n) is 11.4. The standard InChI is InChI=1S/C25H27N5O3/c1-3-32-23-22-21(28-25(29-23)30-13-11-26-12-14-30)19-10-9-18(15-20(19)27-22)16-5-7-17(8-6-16)24(31)33-4-2/h5-10,15,26-27H,3-4,11-14H2,1-2H3. The average molecular weight is 446 g/mol. The molecule has 1 fully saturated rings. The minimum Gasteiger partial charge on any atom is -0.476 e. The minimum atomic E-state index is -0.308. The summed E-state index contributed by atoms with van der Waals surface area (Å²) in [5.41, 5.74) is 5.23. The molecule has 2 N–H and O–H groups in total. The molecule has 1 aliphatic rings. The third kappa shape index (κ3) is 4.09. The fourth-order valence-corrected chi connectivity index (χ4v) is 4.17. The van der Waals surface area contributed by atoms with Gasteiger partial charge < -0.3 is 24.7 Å². The van der Waals surface area contributed by atoms with Crippen molar-refractivity contribution in [2.45, 2.75) is 13.8 Å². The molecule has 0 aliphatic carbocycles. The first-order valence-corrected chi connectivity index (χ1v) is 11.4. The van der Waals surface area contributed by atoms with Gasteiger partial charge >= 0.3 is 5.97 Å². The average Bonchev–Trinajstić information content (AvgIpc) is 3.23. The summed E-state index contributed by atoms with van der Waals surface area (Å²) in [6.07, 6.45) is 0. The molecule has 0 saturated carbocycles. The molecule has 2 aromatic carbocycles. The van der Waals surface area contributed by atoms with E-state index in [1.807, 2.05) is 19.1 Å². The Labute approximate surface area is 191 Å². The molecule has 3 heterocycles. The van der Waals surface area contributed by atoms with Gasteiger partial charge in [0.2, 0.25) is 11.8 Å². The predicted molar refractivity (Wildman–Crippen MR) is 129 cm³/mol. The second kappa shape index (κ2) is 9.07. The summed E-state index contributed by atoms with van der Waals surface area (Å²) < 4.78 is 11.0. The van der Waals surface area contributed by atoms with Crippen molar-refractivity contribution < 1.29 is 14.3 Å². The lowest BCUT2D eigenvalue weighted by molar-refractivity contribution is 0.0526. The van der Waals surface area contributed by atoms with Crippen LogP contribution in [0.4, 0.5) is 5.95 Å². The number of carbonyl (C=O) groups excluding carboxylic acids is 1. The summed E-state index contributed by atoms with van der Waals surface area (Å²) in [5, 5.41) is 4.39. The van der Waals surface area contributed by atoms with Crippen molar-refractivity contribution in [3.63, 3.8) is 0 Å². The van der Waals surface area contributed by atoms with Gasteiger partial charge in [0.05, 0.1) is 18.8 Å². The summed E-state index contributed by atoms with van der Waals surface area (Å²) in [6, 6.07) is 13.7. The van der Waals surface area contributed by atoms with Crippen LogP contribution in [0.25, 0.3) is 33.1 Å². The van der Waals surface area contributed by atoms with Crippen molar-refractivity contribution in [3.05, 3.63) is 48.0 Å². The number of aromatic amines is 1. The summed E-state index contributed by atoms with van der Waals surface area (Å²) in [5.74, 6) is 0.969. The number of rotatable bonds is 6. The second-order valence-electron chi connectivity index (χ2n) is 7.91. The van der Waals surface area contributed by atoms with Crippen LogP contribution in [-0.2, 0) is 4.74 Å². The summed E-state index contributed by atoms with van der Waals surface area (Å²) >= 11 is 0. The lowest BCUT2D eigenvalue weighted by Crippen LogP contribution is -2.44. The van der Waals surface area contributed by atoms with E-state index in [1.165, 1.54) is 0 Å². The van der Waals surface area contributed by atoms with Gasteiger partial charge in [0, 0.05) is 37.1 Å². The number of nitrogens with zero attached hydrogens (tertiary/aromatic N) is 3. The first kappa shape index (κ1) is 21.2. The highest BCUT2D eigenvalue weighted by molar-refractivity contribution is 6.07. The fraction of sp³-hybridized carbons (Fsp3) is 0.320. The van der Waals surface area contributed by atoms with E-state index in [4.69, 9.17) is 19.4 Å². The van der Waals surface area contributed by atoms with E-state index >= 15 is 0 Å². The molecule has 1 saturated heterocycles. The van der Waals surface area contributed by atoms with E-state index in [2.05, 4.69) is 33.4 Å². The van der Waals surface area contributed by atoms with Crippen LogP contribution in [0.3, 0.4) is 0 Å². The number of aromatic nitrogens is 3. The highest BCUT2D eigenvalue weighted by Crippen LogP contribution is 2.33. The predicted octanol–water partition coefficient (Wildman–Crippen LogP) is 3.76. The molecule has 170 valence electrons. The molecule has 0 amide bonds. The van der Waals surface area contributed by atoms with E-state index in [1.54, 1.807) is 19.1 Å². The summed E-state index contributed by atoms with van der Waals surface area (Å²) in [7, 11) is 0. The zero-order valence-corrected chi connectivity index (χ0v) is 18.9. The number of hydrogen-bond donors (Lipinski definition) is 2. The van der Waals surface area contributed by atoms with Crippen LogP contribution in [0.2, 0.25) is 0 Å². The Morgan fingerprint density at radius 1 is 1.00 bits per heavy atom. The van der Waals surface area contributed by atoms with Crippen LogP contribution in [0.5, 0.6) is 5.88 Å². The van der Waals surface area contributed by atoms with Crippen LogP contribution in [0.1, 0.15) is 24.2 Å². The van der Waals surface area contributed by atoms with Crippen molar-refractivity contribution >= 4 is 33.9 Å². The molecule has 0 unspecified atom stereocenters. The van der Waals surface area contributed by atoms with Crippen LogP contribution >= 0.6 is 0 Å². The number of anilines is 1. The Morgan fingerprint density at radius 3 is 2.48 bits per heavy atom. The molecule has 8 heteroatoms. The van der Waals surface area contributed by atoms with Gasteiger partial charge in [0.25, 0.3) is 0 Å². The van der Waals surface area contributed by atoms with E-state index in [-0.39, 0.29) is 5.97 Å². The van der Waals surface area contributed by atoms with Crippen molar-refractivity contribution in [3.8, 4) is 17.0 Å². The van der Waals surface area contributed by atoms with E-state index in [0.29, 0.717) is 30.6 Å². The smallest absolute Gasteiger partial charge is 0.338 e. The number of hydrogen-bond acceptors (Lipinski definition) is 7. The largest absolute Gasteiger partial charge is 0.476 e. The Morgan fingerprint density at radius 2 is 1.76 bits per heavy atom. The lowest BCUT2D eigenvalue weighted by atomic mass is 10.0. The molecule has 0 atom stereocenters. The first-order chi connectivity index (χ1) is 16.2. The quantitative estimate of drug-likeness (QED) is 0.437. The molecule has 2 aromatic heterocycles. The Kier molecular flexibility index (Phi) is 5.83. The van der Waals surface area contributed by atoms with Crippen LogP contribution in [0.15, 0.2) is 42.5 Å². The van der Waals surface area contributed by atoms with Crippen molar-refractivity contribution in [2.75, 3.05) is 44.3 Å². The van der Waals surface area contributed by atoms with Crippen LogP contribution in [-0.4, -0.2) is 60.3 Å². The van der Waals surface area contributed by atoms with Gasteiger partial charge in [0.1, 0.15) is 11.0 Å². The van der Waals surface area contributed by atoms with Crippen molar-refractivity contribution in [2.24, 2.45) is 0 Å². The van der Waals surface area contributed by atoms with Gasteiger partial charge in [0.15, 0.2) is 0 Å². The topological polar surface area (TPSA) is 92.4 Å². The van der Waals surface area contributed by atoms with Gasteiger partial charge in [-0.25, -0.2) is 9.78 Å². The molecule has 4 aromatic rings. The highest BCUT2D eigenvalue weighted by atomic mass is 16.5. The SMILES string of the molecule is CCOC(=O)c1ccc(-c2ccc3c(c2)[nH]c2c(OCC)nc(N4CCNCC4)nc23)cc1. The molecule has 0 spiro atoms. The number of ether oxygens (including phenoxy) is 2. The van der Waals surface area contributed by atoms with Gasteiger partial charge in [-0.15, -0.1) is 0 Å². The van der Waals surface area contributed by atoms with E-state index < -0.39 is 0 Å². The lowest BCUT2D eigenvalue weighted by Gasteiger charge is -2.27. The molecule has 5 rings (SSSR count). The number of H-pyrrole nitrogens is 1. The summed E-state index contributed by atoms with van der Waals surface area (Å²) in [6.45, 7) is 8.21. The maximum atomic E-state index is 11.9.